The quantitative estimate of drug-likeness (QED) is 0.817. The van der Waals surface area contributed by atoms with Gasteiger partial charge in [0, 0.05) is 25.1 Å². The molecule has 0 bridgehead atoms. The van der Waals surface area contributed by atoms with E-state index in [4.69, 9.17) is 4.74 Å². The van der Waals surface area contributed by atoms with Gasteiger partial charge < -0.3 is 15.2 Å². The topological polar surface area (TPSA) is 58.6 Å². The molecule has 17 heavy (non-hydrogen) atoms. The zero-order valence-electron chi connectivity index (χ0n) is 9.90. The van der Waals surface area contributed by atoms with Gasteiger partial charge >= 0.3 is 0 Å². The Kier molecular flexibility index (Phi) is 3.45. The number of carbonyl (C=O) groups excluding carboxylic acids is 1. The van der Waals surface area contributed by atoms with Crippen LogP contribution in [0.25, 0.3) is 0 Å². The third kappa shape index (κ3) is 3.05. The molecule has 1 aliphatic heterocycles. The zero-order chi connectivity index (χ0) is 12.3. The summed E-state index contributed by atoms with van der Waals surface area (Å²) < 4.78 is 5.11. The maximum absolute atomic E-state index is 11.8. The minimum atomic E-state index is -0.902. The van der Waals surface area contributed by atoms with E-state index in [1.165, 1.54) is 0 Å². The Morgan fingerprint density at radius 3 is 2.76 bits per heavy atom. The molecule has 1 heterocycles. The van der Waals surface area contributed by atoms with Crippen molar-refractivity contribution in [3.63, 3.8) is 0 Å². The second-order valence-corrected chi connectivity index (χ2v) is 4.58. The van der Waals surface area contributed by atoms with Crippen molar-refractivity contribution in [3.05, 3.63) is 35.4 Å². The lowest BCUT2D eigenvalue weighted by Crippen LogP contribution is -2.43. The number of aliphatic hydroxyl groups is 1. The van der Waals surface area contributed by atoms with Gasteiger partial charge in [-0.3, -0.25) is 4.79 Å². The number of aryl methyl sites for hydroxylation is 1. The van der Waals surface area contributed by atoms with Crippen molar-refractivity contribution in [2.75, 3.05) is 19.8 Å². The molecule has 1 aromatic carbocycles. The summed E-state index contributed by atoms with van der Waals surface area (Å²) in [4.78, 5) is 11.8. The first-order chi connectivity index (χ1) is 8.09. The minimum Gasteiger partial charge on any atom is -0.386 e. The lowest BCUT2D eigenvalue weighted by Gasteiger charge is -2.20. The van der Waals surface area contributed by atoms with Crippen LogP contribution in [-0.2, 0) is 4.74 Å². The molecule has 0 aromatic heterocycles. The highest BCUT2D eigenvalue weighted by Crippen LogP contribution is 2.17. The number of carbonyl (C=O) groups is 1. The van der Waals surface area contributed by atoms with Gasteiger partial charge in [-0.15, -0.1) is 0 Å². The molecule has 0 spiro atoms. The van der Waals surface area contributed by atoms with Gasteiger partial charge in [-0.25, -0.2) is 0 Å². The van der Waals surface area contributed by atoms with E-state index in [1.807, 2.05) is 19.1 Å². The van der Waals surface area contributed by atoms with Crippen molar-refractivity contribution in [2.45, 2.75) is 18.9 Å². The number of amides is 1. The van der Waals surface area contributed by atoms with Crippen LogP contribution in [-0.4, -0.2) is 36.4 Å². The maximum atomic E-state index is 11.8. The van der Waals surface area contributed by atoms with E-state index in [9.17, 15) is 9.90 Å². The molecule has 1 atom stereocenters. The van der Waals surface area contributed by atoms with Crippen molar-refractivity contribution in [1.29, 1.82) is 0 Å². The summed E-state index contributed by atoms with van der Waals surface area (Å²) in [6, 6.07) is 7.34. The van der Waals surface area contributed by atoms with Gasteiger partial charge in [0.05, 0.1) is 6.61 Å². The van der Waals surface area contributed by atoms with Gasteiger partial charge in [-0.05, 0) is 19.1 Å². The fourth-order valence-corrected chi connectivity index (χ4v) is 1.79. The third-order valence-corrected chi connectivity index (χ3v) is 2.97. The predicted molar refractivity (Wildman–Crippen MR) is 63.9 cm³/mol. The predicted octanol–water partition coefficient (Wildman–Crippen LogP) is 0.876. The Hall–Kier alpha value is -1.39. The molecule has 0 radical (unpaired) electrons. The summed E-state index contributed by atoms with van der Waals surface area (Å²) in [5.41, 5.74) is 0.822. The Bertz CT molecular complexity index is 394. The van der Waals surface area contributed by atoms with E-state index < -0.39 is 5.60 Å². The van der Waals surface area contributed by atoms with Gasteiger partial charge in [0.25, 0.3) is 5.91 Å². The minimum absolute atomic E-state index is 0.162. The van der Waals surface area contributed by atoms with E-state index in [2.05, 4.69) is 5.32 Å². The van der Waals surface area contributed by atoms with Crippen LogP contribution in [0.5, 0.6) is 0 Å². The highest BCUT2D eigenvalue weighted by atomic mass is 16.5. The molecule has 2 N–H and O–H groups in total. The molecule has 1 amide bonds. The fraction of sp³-hybridized carbons (Fsp3) is 0.462. The molecule has 4 nitrogen and oxygen atoms in total. The number of hydrogen-bond acceptors (Lipinski definition) is 3. The van der Waals surface area contributed by atoms with E-state index in [0.29, 0.717) is 25.2 Å². The molecule has 4 heteroatoms. The number of ether oxygens (including phenoxy) is 1. The van der Waals surface area contributed by atoms with Gasteiger partial charge in [-0.1, -0.05) is 17.7 Å². The molecular weight excluding hydrogens is 218 g/mol. The normalized spacial score (nSPS) is 23.6. The smallest absolute Gasteiger partial charge is 0.251 e. The van der Waals surface area contributed by atoms with Crippen LogP contribution in [0.2, 0.25) is 0 Å². The Balaban J connectivity index is 1.91. The van der Waals surface area contributed by atoms with E-state index in [-0.39, 0.29) is 12.5 Å². The highest BCUT2D eigenvalue weighted by Gasteiger charge is 2.32. The zero-order valence-corrected chi connectivity index (χ0v) is 9.90. The van der Waals surface area contributed by atoms with Gasteiger partial charge in [0.2, 0.25) is 0 Å². The lowest BCUT2D eigenvalue weighted by molar-refractivity contribution is 0.0264. The maximum Gasteiger partial charge on any atom is 0.251 e. The second-order valence-electron chi connectivity index (χ2n) is 4.58. The average Bonchev–Trinajstić information content (AvgIpc) is 2.75. The molecule has 92 valence electrons. The lowest BCUT2D eigenvalue weighted by atomic mass is 10.0. The van der Waals surface area contributed by atoms with Crippen LogP contribution >= 0.6 is 0 Å². The standard InChI is InChI=1S/C13H17NO3/c1-10-2-4-11(5-3-10)12(15)14-8-13(16)6-7-17-9-13/h2-5,16H,6-9H2,1H3,(H,14,15). The molecule has 1 aliphatic rings. The van der Waals surface area contributed by atoms with E-state index in [1.54, 1.807) is 12.1 Å². The van der Waals surface area contributed by atoms with Crippen LogP contribution in [0, 0.1) is 6.92 Å². The first-order valence-electron chi connectivity index (χ1n) is 5.74. The monoisotopic (exact) mass is 235 g/mol. The summed E-state index contributed by atoms with van der Waals surface area (Å²) in [6.45, 7) is 3.05. The van der Waals surface area contributed by atoms with Gasteiger partial charge in [-0.2, -0.15) is 0 Å². The highest BCUT2D eigenvalue weighted by molar-refractivity contribution is 5.94. The van der Waals surface area contributed by atoms with Crippen molar-refractivity contribution in [2.24, 2.45) is 0 Å². The second kappa shape index (κ2) is 4.85. The van der Waals surface area contributed by atoms with Crippen molar-refractivity contribution >= 4 is 5.91 Å². The van der Waals surface area contributed by atoms with E-state index >= 15 is 0 Å². The first kappa shape index (κ1) is 12.1. The SMILES string of the molecule is Cc1ccc(C(=O)NCC2(O)CCOC2)cc1. The van der Waals surface area contributed by atoms with Crippen LogP contribution < -0.4 is 5.32 Å². The average molecular weight is 235 g/mol. The van der Waals surface area contributed by atoms with Crippen LogP contribution in [0.1, 0.15) is 22.3 Å². The van der Waals surface area contributed by atoms with Crippen LogP contribution in [0.15, 0.2) is 24.3 Å². The third-order valence-electron chi connectivity index (χ3n) is 2.97. The van der Waals surface area contributed by atoms with E-state index in [0.717, 1.165) is 5.56 Å². The summed E-state index contributed by atoms with van der Waals surface area (Å²) in [5.74, 6) is -0.162. The first-order valence-corrected chi connectivity index (χ1v) is 5.74. The largest absolute Gasteiger partial charge is 0.386 e. The molecule has 0 saturated carbocycles. The van der Waals surface area contributed by atoms with Crippen molar-refractivity contribution in [1.82, 2.24) is 5.32 Å². The Morgan fingerprint density at radius 1 is 1.47 bits per heavy atom. The van der Waals surface area contributed by atoms with Crippen molar-refractivity contribution < 1.29 is 14.6 Å². The molecule has 1 unspecified atom stereocenters. The molecule has 1 fully saturated rings. The summed E-state index contributed by atoms with van der Waals surface area (Å²) in [6.07, 6.45) is 0.571. The van der Waals surface area contributed by atoms with Gasteiger partial charge in [0.1, 0.15) is 5.60 Å². The van der Waals surface area contributed by atoms with Gasteiger partial charge in [0.15, 0.2) is 0 Å². The molecule has 2 rings (SSSR count). The summed E-state index contributed by atoms with van der Waals surface area (Å²) in [5, 5.41) is 12.7. The molecule has 0 aliphatic carbocycles. The van der Waals surface area contributed by atoms with Crippen LogP contribution in [0.4, 0.5) is 0 Å². The molecular formula is C13H17NO3. The summed E-state index contributed by atoms with van der Waals surface area (Å²) >= 11 is 0. The number of nitrogens with one attached hydrogen (secondary N) is 1. The number of rotatable bonds is 3. The summed E-state index contributed by atoms with van der Waals surface area (Å²) in [7, 11) is 0. The number of hydrogen-bond donors (Lipinski definition) is 2. The Labute approximate surface area is 101 Å². The molecule has 1 saturated heterocycles. The Morgan fingerprint density at radius 2 is 2.18 bits per heavy atom. The number of benzene rings is 1. The fourth-order valence-electron chi connectivity index (χ4n) is 1.79. The molecule has 1 aromatic rings. The van der Waals surface area contributed by atoms with Crippen molar-refractivity contribution in [3.8, 4) is 0 Å². The van der Waals surface area contributed by atoms with Crippen LogP contribution in [0.3, 0.4) is 0 Å².